The molecule has 0 aromatic heterocycles. The molecule has 0 aliphatic carbocycles. The maximum absolute atomic E-state index is 11.9. The van der Waals surface area contributed by atoms with E-state index in [2.05, 4.69) is 10.5 Å². The average molecular weight is 284 g/mol. The van der Waals surface area contributed by atoms with Crippen LogP contribution in [0.1, 0.15) is 12.5 Å². The highest BCUT2D eigenvalue weighted by Gasteiger charge is 2.09. The van der Waals surface area contributed by atoms with Gasteiger partial charge in [0.05, 0.1) is 11.4 Å². The molecule has 0 spiro atoms. The molecular formula is C16H16N2O3. The van der Waals surface area contributed by atoms with Crippen molar-refractivity contribution in [2.24, 2.45) is 5.16 Å². The maximum atomic E-state index is 11.9. The molecule has 0 saturated heterocycles. The topological polar surface area (TPSA) is 70.9 Å². The predicted octanol–water partition coefficient (Wildman–Crippen LogP) is 2.90. The SMILES string of the molecule is C/C(=N\O)c1ccccc1NC(=O)COc1ccccc1. The lowest BCUT2D eigenvalue weighted by atomic mass is 10.1. The van der Waals surface area contributed by atoms with E-state index in [4.69, 9.17) is 9.94 Å². The number of oxime groups is 1. The van der Waals surface area contributed by atoms with Crippen molar-refractivity contribution in [3.05, 3.63) is 60.2 Å². The number of ether oxygens (including phenoxy) is 1. The molecule has 2 rings (SSSR count). The van der Waals surface area contributed by atoms with Gasteiger partial charge in [-0.3, -0.25) is 4.79 Å². The fourth-order valence-corrected chi connectivity index (χ4v) is 1.81. The second-order valence-electron chi connectivity index (χ2n) is 4.38. The number of hydrogen-bond acceptors (Lipinski definition) is 4. The highest BCUT2D eigenvalue weighted by Crippen LogP contribution is 2.16. The van der Waals surface area contributed by atoms with Crippen LogP contribution in [0.2, 0.25) is 0 Å². The van der Waals surface area contributed by atoms with Gasteiger partial charge in [-0.1, -0.05) is 41.6 Å². The third kappa shape index (κ3) is 4.07. The Kier molecular flexibility index (Phi) is 4.93. The van der Waals surface area contributed by atoms with Crippen molar-refractivity contribution < 1.29 is 14.7 Å². The number of hydrogen-bond donors (Lipinski definition) is 2. The zero-order chi connectivity index (χ0) is 15.1. The van der Waals surface area contributed by atoms with E-state index in [1.165, 1.54) is 0 Å². The average Bonchev–Trinajstić information content (AvgIpc) is 2.54. The van der Waals surface area contributed by atoms with Crippen LogP contribution in [0.4, 0.5) is 5.69 Å². The van der Waals surface area contributed by atoms with E-state index >= 15 is 0 Å². The fraction of sp³-hybridized carbons (Fsp3) is 0.125. The molecule has 21 heavy (non-hydrogen) atoms. The molecule has 0 radical (unpaired) electrons. The third-order valence-corrected chi connectivity index (χ3v) is 2.85. The number of carbonyl (C=O) groups is 1. The van der Waals surface area contributed by atoms with Crippen LogP contribution in [0.15, 0.2) is 59.8 Å². The first-order valence-corrected chi connectivity index (χ1v) is 6.46. The number of nitrogens with one attached hydrogen (secondary N) is 1. The summed E-state index contributed by atoms with van der Waals surface area (Å²) in [5.74, 6) is 0.353. The van der Waals surface area contributed by atoms with Crippen molar-refractivity contribution in [2.45, 2.75) is 6.92 Å². The van der Waals surface area contributed by atoms with Crippen LogP contribution in [0.3, 0.4) is 0 Å². The monoisotopic (exact) mass is 284 g/mol. The summed E-state index contributed by atoms with van der Waals surface area (Å²) in [5, 5.41) is 14.7. The zero-order valence-corrected chi connectivity index (χ0v) is 11.6. The summed E-state index contributed by atoms with van der Waals surface area (Å²) in [6.45, 7) is 1.57. The van der Waals surface area contributed by atoms with Gasteiger partial charge in [-0.2, -0.15) is 0 Å². The van der Waals surface area contributed by atoms with Crippen molar-refractivity contribution in [1.82, 2.24) is 0 Å². The maximum Gasteiger partial charge on any atom is 0.262 e. The lowest BCUT2D eigenvalue weighted by Gasteiger charge is -2.11. The van der Waals surface area contributed by atoms with E-state index < -0.39 is 0 Å². The van der Waals surface area contributed by atoms with Crippen LogP contribution in [0.25, 0.3) is 0 Å². The molecular weight excluding hydrogens is 268 g/mol. The highest BCUT2D eigenvalue weighted by atomic mass is 16.5. The van der Waals surface area contributed by atoms with Crippen LogP contribution >= 0.6 is 0 Å². The van der Waals surface area contributed by atoms with E-state index in [0.717, 1.165) is 0 Å². The van der Waals surface area contributed by atoms with Gasteiger partial charge < -0.3 is 15.3 Å². The Bertz CT molecular complexity index is 639. The van der Waals surface area contributed by atoms with Gasteiger partial charge in [-0.05, 0) is 25.1 Å². The quantitative estimate of drug-likeness (QED) is 0.504. The number of para-hydroxylation sites is 2. The molecule has 1 amide bonds. The number of anilines is 1. The van der Waals surface area contributed by atoms with Gasteiger partial charge in [0, 0.05) is 5.56 Å². The van der Waals surface area contributed by atoms with Crippen molar-refractivity contribution in [3.8, 4) is 5.75 Å². The molecule has 0 unspecified atom stereocenters. The van der Waals surface area contributed by atoms with E-state index in [1.807, 2.05) is 18.2 Å². The van der Waals surface area contributed by atoms with Gasteiger partial charge in [0.15, 0.2) is 6.61 Å². The molecule has 0 fully saturated rings. The molecule has 108 valence electrons. The molecule has 0 saturated carbocycles. The molecule has 0 aliphatic rings. The fourth-order valence-electron chi connectivity index (χ4n) is 1.81. The summed E-state index contributed by atoms with van der Waals surface area (Å²) in [4.78, 5) is 11.9. The lowest BCUT2D eigenvalue weighted by Crippen LogP contribution is -2.21. The molecule has 0 atom stereocenters. The van der Waals surface area contributed by atoms with Gasteiger partial charge >= 0.3 is 0 Å². The zero-order valence-electron chi connectivity index (χ0n) is 11.6. The largest absolute Gasteiger partial charge is 0.484 e. The molecule has 5 nitrogen and oxygen atoms in total. The molecule has 0 aliphatic heterocycles. The number of amides is 1. The van der Waals surface area contributed by atoms with Gasteiger partial charge in [0.2, 0.25) is 0 Å². The summed E-state index contributed by atoms with van der Waals surface area (Å²) in [6.07, 6.45) is 0. The van der Waals surface area contributed by atoms with Crippen molar-refractivity contribution in [1.29, 1.82) is 0 Å². The Morgan fingerprint density at radius 3 is 2.52 bits per heavy atom. The number of nitrogens with zero attached hydrogens (tertiary/aromatic N) is 1. The van der Waals surface area contributed by atoms with Gasteiger partial charge in [0.25, 0.3) is 5.91 Å². The van der Waals surface area contributed by atoms with Crippen LogP contribution < -0.4 is 10.1 Å². The second-order valence-corrected chi connectivity index (χ2v) is 4.38. The molecule has 5 heteroatoms. The third-order valence-electron chi connectivity index (χ3n) is 2.85. The number of rotatable bonds is 5. The smallest absolute Gasteiger partial charge is 0.262 e. The minimum atomic E-state index is -0.281. The number of carbonyl (C=O) groups excluding carboxylic acids is 1. The first-order chi connectivity index (χ1) is 10.2. The summed E-state index contributed by atoms with van der Waals surface area (Å²) in [6, 6.07) is 16.2. The molecule has 0 bridgehead atoms. The van der Waals surface area contributed by atoms with Gasteiger partial charge in [-0.25, -0.2) is 0 Å². The predicted molar refractivity (Wildman–Crippen MR) is 81.0 cm³/mol. The summed E-state index contributed by atoms with van der Waals surface area (Å²) in [7, 11) is 0. The van der Waals surface area contributed by atoms with E-state index in [0.29, 0.717) is 22.7 Å². The van der Waals surface area contributed by atoms with Crippen LogP contribution in [-0.2, 0) is 4.79 Å². The molecule has 2 N–H and O–H groups in total. The normalized spacial score (nSPS) is 11.0. The minimum Gasteiger partial charge on any atom is -0.484 e. The Morgan fingerprint density at radius 2 is 1.81 bits per heavy atom. The number of benzene rings is 2. The molecule has 0 heterocycles. The van der Waals surface area contributed by atoms with Crippen LogP contribution in [0.5, 0.6) is 5.75 Å². The van der Waals surface area contributed by atoms with E-state index in [-0.39, 0.29) is 12.5 Å². The van der Waals surface area contributed by atoms with Crippen molar-refractivity contribution in [3.63, 3.8) is 0 Å². The van der Waals surface area contributed by atoms with Gasteiger partial charge in [0.1, 0.15) is 5.75 Å². The Hall–Kier alpha value is -2.82. The second kappa shape index (κ2) is 7.09. The first kappa shape index (κ1) is 14.6. The van der Waals surface area contributed by atoms with E-state index in [1.54, 1.807) is 43.3 Å². The Balaban J connectivity index is 2.00. The summed E-state index contributed by atoms with van der Waals surface area (Å²) in [5.41, 5.74) is 1.66. The van der Waals surface area contributed by atoms with E-state index in [9.17, 15) is 4.79 Å². The molecule has 2 aromatic carbocycles. The first-order valence-electron chi connectivity index (χ1n) is 6.46. The Labute approximate surface area is 122 Å². The van der Waals surface area contributed by atoms with Crippen LogP contribution in [-0.4, -0.2) is 23.4 Å². The minimum absolute atomic E-state index is 0.0896. The molecule has 2 aromatic rings. The van der Waals surface area contributed by atoms with Crippen LogP contribution in [0, 0.1) is 0 Å². The summed E-state index contributed by atoms with van der Waals surface area (Å²) >= 11 is 0. The summed E-state index contributed by atoms with van der Waals surface area (Å²) < 4.78 is 5.38. The standard InChI is InChI=1S/C16H16N2O3/c1-12(18-20)14-9-5-6-10-15(14)17-16(19)11-21-13-7-3-2-4-8-13/h2-10,20H,11H2,1H3,(H,17,19)/b18-12+. The van der Waals surface area contributed by atoms with Gasteiger partial charge in [-0.15, -0.1) is 0 Å². The van der Waals surface area contributed by atoms with Crippen molar-refractivity contribution >= 4 is 17.3 Å². The highest BCUT2D eigenvalue weighted by molar-refractivity contribution is 6.06. The lowest BCUT2D eigenvalue weighted by molar-refractivity contribution is -0.118. The van der Waals surface area contributed by atoms with Crippen molar-refractivity contribution in [2.75, 3.05) is 11.9 Å². The Morgan fingerprint density at radius 1 is 1.14 bits per heavy atom.